The van der Waals surface area contributed by atoms with Crippen LogP contribution in [-0.4, -0.2) is 9.97 Å². The van der Waals surface area contributed by atoms with E-state index in [9.17, 15) is 0 Å². The Hall–Kier alpha value is -1.32. The molecule has 0 fully saturated rings. The third-order valence-electron chi connectivity index (χ3n) is 1.96. The molecule has 0 spiro atoms. The van der Waals surface area contributed by atoms with E-state index in [0.29, 0.717) is 16.0 Å². The molecule has 0 aliphatic rings. The second kappa shape index (κ2) is 4.04. The lowest BCUT2D eigenvalue weighted by atomic mass is 10.1. The Morgan fingerprint density at radius 1 is 1.07 bits per heavy atom. The fourth-order valence-corrected chi connectivity index (χ4v) is 1.71. The molecule has 0 amide bonds. The van der Waals surface area contributed by atoms with Crippen molar-refractivity contribution in [2.45, 2.75) is 0 Å². The lowest BCUT2D eigenvalue weighted by Gasteiger charge is -2.06. The largest absolute Gasteiger partial charge is 0.397 e. The molecule has 0 saturated carbocycles. The van der Waals surface area contributed by atoms with Crippen molar-refractivity contribution >= 4 is 28.9 Å². The zero-order chi connectivity index (χ0) is 10.8. The number of anilines is 1. The van der Waals surface area contributed by atoms with Gasteiger partial charge in [0.2, 0.25) is 0 Å². The number of nitrogen functional groups attached to an aromatic ring is 1. The highest BCUT2D eigenvalue weighted by Gasteiger charge is 2.08. The van der Waals surface area contributed by atoms with Crippen molar-refractivity contribution in [3.05, 3.63) is 40.9 Å². The van der Waals surface area contributed by atoms with Crippen LogP contribution in [0.3, 0.4) is 0 Å². The molecule has 2 aromatic rings. The summed E-state index contributed by atoms with van der Waals surface area (Å²) in [4.78, 5) is 7.85. The summed E-state index contributed by atoms with van der Waals surface area (Å²) < 4.78 is 0. The molecule has 0 aliphatic heterocycles. The van der Waals surface area contributed by atoms with Gasteiger partial charge in [0.05, 0.1) is 11.9 Å². The lowest BCUT2D eigenvalue weighted by molar-refractivity contribution is 1.30. The summed E-state index contributed by atoms with van der Waals surface area (Å²) in [6, 6.07) is 5.23. The van der Waals surface area contributed by atoms with Gasteiger partial charge in [-0.05, 0) is 18.2 Å². The Bertz CT molecular complexity index is 500. The van der Waals surface area contributed by atoms with Crippen molar-refractivity contribution in [3.8, 4) is 11.1 Å². The van der Waals surface area contributed by atoms with Gasteiger partial charge in [-0.3, -0.25) is 4.98 Å². The maximum absolute atomic E-state index is 5.96. The van der Waals surface area contributed by atoms with Crippen LogP contribution in [0.25, 0.3) is 11.1 Å². The third kappa shape index (κ3) is 2.03. The minimum atomic E-state index is 0.334. The summed E-state index contributed by atoms with van der Waals surface area (Å²) in [7, 11) is 0. The Morgan fingerprint density at radius 3 is 2.53 bits per heavy atom. The molecule has 0 saturated heterocycles. The van der Waals surface area contributed by atoms with Gasteiger partial charge in [-0.25, -0.2) is 4.98 Å². The van der Waals surface area contributed by atoms with Crippen molar-refractivity contribution in [2.75, 3.05) is 5.73 Å². The predicted molar refractivity (Wildman–Crippen MR) is 61.9 cm³/mol. The monoisotopic (exact) mass is 239 g/mol. The summed E-state index contributed by atoms with van der Waals surface area (Å²) in [5.41, 5.74) is 7.89. The Labute approximate surface area is 96.9 Å². The lowest BCUT2D eigenvalue weighted by Crippen LogP contribution is -1.92. The molecular formula is C10H7Cl2N3. The fourth-order valence-electron chi connectivity index (χ4n) is 1.26. The highest BCUT2D eigenvalue weighted by molar-refractivity contribution is 6.34. The van der Waals surface area contributed by atoms with Crippen molar-refractivity contribution in [3.63, 3.8) is 0 Å². The van der Waals surface area contributed by atoms with Crippen LogP contribution in [0.2, 0.25) is 10.3 Å². The van der Waals surface area contributed by atoms with Gasteiger partial charge in [-0.15, -0.1) is 0 Å². The number of nitrogens with two attached hydrogens (primary N) is 1. The number of pyridine rings is 2. The van der Waals surface area contributed by atoms with Crippen LogP contribution in [-0.2, 0) is 0 Å². The van der Waals surface area contributed by atoms with Crippen LogP contribution < -0.4 is 5.73 Å². The van der Waals surface area contributed by atoms with Crippen molar-refractivity contribution in [1.29, 1.82) is 0 Å². The van der Waals surface area contributed by atoms with Gasteiger partial charge in [0, 0.05) is 17.3 Å². The van der Waals surface area contributed by atoms with E-state index >= 15 is 0 Å². The van der Waals surface area contributed by atoms with Gasteiger partial charge >= 0.3 is 0 Å². The molecule has 0 unspecified atom stereocenters. The minimum Gasteiger partial charge on any atom is -0.397 e. The normalized spacial score (nSPS) is 10.3. The number of nitrogens with zero attached hydrogens (tertiary/aromatic N) is 2. The molecule has 2 rings (SSSR count). The van der Waals surface area contributed by atoms with E-state index in [1.165, 1.54) is 0 Å². The van der Waals surface area contributed by atoms with E-state index < -0.39 is 0 Å². The molecule has 0 atom stereocenters. The second-order valence-electron chi connectivity index (χ2n) is 2.94. The van der Waals surface area contributed by atoms with Crippen molar-refractivity contribution < 1.29 is 0 Å². The summed E-state index contributed by atoms with van der Waals surface area (Å²) >= 11 is 11.7. The zero-order valence-corrected chi connectivity index (χ0v) is 9.13. The maximum Gasteiger partial charge on any atom is 0.138 e. The Kier molecular flexibility index (Phi) is 2.75. The molecule has 0 bridgehead atoms. The molecule has 3 nitrogen and oxygen atoms in total. The first-order chi connectivity index (χ1) is 7.18. The van der Waals surface area contributed by atoms with Crippen molar-refractivity contribution in [1.82, 2.24) is 9.97 Å². The SMILES string of the molecule is Nc1cnccc1-c1ccc(Cl)nc1Cl. The molecule has 0 radical (unpaired) electrons. The summed E-state index contributed by atoms with van der Waals surface area (Å²) in [5.74, 6) is 0. The van der Waals surface area contributed by atoms with E-state index in [-0.39, 0.29) is 0 Å². The average molecular weight is 240 g/mol. The number of hydrogen-bond donors (Lipinski definition) is 1. The van der Waals surface area contributed by atoms with E-state index in [1.807, 2.05) is 0 Å². The van der Waals surface area contributed by atoms with E-state index in [2.05, 4.69) is 9.97 Å². The first-order valence-electron chi connectivity index (χ1n) is 4.20. The number of hydrogen-bond acceptors (Lipinski definition) is 3. The molecule has 5 heteroatoms. The molecule has 15 heavy (non-hydrogen) atoms. The van der Waals surface area contributed by atoms with E-state index in [4.69, 9.17) is 28.9 Å². The Morgan fingerprint density at radius 2 is 1.87 bits per heavy atom. The van der Waals surface area contributed by atoms with Crippen molar-refractivity contribution in [2.24, 2.45) is 0 Å². The summed E-state index contributed by atoms with van der Waals surface area (Å²) in [5, 5.41) is 0.691. The van der Waals surface area contributed by atoms with E-state index in [1.54, 1.807) is 30.6 Å². The van der Waals surface area contributed by atoms with Crippen LogP contribution in [0.1, 0.15) is 0 Å². The smallest absolute Gasteiger partial charge is 0.138 e. The first kappa shape index (κ1) is 10.2. The van der Waals surface area contributed by atoms with Crippen LogP contribution in [0.4, 0.5) is 5.69 Å². The van der Waals surface area contributed by atoms with E-state index in [0.717, 1.165) is 11.1 Å². The maximum atomic E-state index is 5.96. The van der Waals surface area contributed by atoms with Gasteiger partial charge in [0.15, 0.2) is 0 Å². The van der Waals surface area contributed by atoms with Crippen LogP contribution >= 0.6 is 23.2 Å². The fraction of sp³-hybridized carbons (Fsp3) is 0. The van der Waals surface area contributed by atoms with Gasteiger partial charge in [0.1, 0.15) is 10.3 Å². The predicted octanol–water partition coefficient (Wildman–Crippen LogP) is 3.03. The second-order valence-corrected chi connectivity index (χ2v) is 3.68. The molecule has 0 aromatic carbocycles. The highest BCUT2D eigenvalue weighted by atomic mass is 35.5. The average Bonchev–Trinajstić information content (AvgIpc) is 2.20. The van der Waals surface area contributed by atoms with Gasteiger partial charge in [-0.2, -0.15) is 0 Å². The van der Waals surface area contributed by atoms with Crippen LogP contribution in [0.5, 0.6) is 0 Å². The molecular weight excluding hydrogens is 233 g/mol. The quantitative estimate of drug-likeness (QED) is 0.779. The van der Waals surface area contributed by atoms with Gasteiger partial charge in [0.25, 0.3) is 0 Å². The number of rotatable bonds is 1. The molecule has 76 valence electrons. The Balaban J connectivity index is 2.60. The summed E-state index contributed by atoms with van der Waals surface area (Å²) in [6.07, 6.45) is 3.22. The van der Waals surface area contributed by atoms with Gasteiger partial charge in [-0.1, -0.05) is 23.2 Å². The standard InChI is InChI=1S/C10H7Cl2N3/c11-9-2-1-7(10(12)15-9)6-3-4-14-5-8(6)13/h1-5H,13H2. The van der Waals surface area contributed by atoms with Gasteiger partial charge < -0.3 is 5.73 Å². The van der Waals surface area contributed by atoms with Crippen LogP contribution in [0.15, 0.2) is 30.6 Å². The minimum absolute atomic E-state index is 0.334. The highest BCUT2D eigenvalue weighted by Crippen LogP contribution is 2.30. The van der Waals surface area contributed by atoms with Crippen LogP contribution in [0, 0.1) is 0 Å². The first-order valence-corrected chi connectivity index (χ1v) is 4.96. The number of aromatic nitrogens is 2. The summed E-state index contributed by atoms with van der Waals surface area (Å²) in [6.45, 7) is 0. The molecule has 0 aliphatic carbocycles. The molecule has 2 aromatic heterocycles. The number of halogens is 2. The molecule has 2 heterocycles. The third-order valence-corrected chi connectivity index (χ3v) is 2.46. The zero-order valence-electron chi connectivity index (χ0n) is 7.61. The molecule has 2 N–H and O–H groups in total. The topological polar surface area (TPSA) is 51.8 Å².